The van der Waals surface area contributed by atoms with Gasteiger partial charge in [-0.25, -0.2) is 4.79 Å². The van der Waals surface area contributed by atoms with Crippen molar-refractivity contribution >= 4 is 17.6 Å². The fourth-order valence-corrected chi connectivity index (χ4v) is 5.57. The van der Waals surface area contributed by atoms with E-state index in [9.17, 15) is 29.9 Å². The number of non-ortho nitro benzene ring substituents is 1. The van der Waals surface area contributed by atoms with Crippen molar-refractivity contribution in [1.82, 2.24) is 4.90 Å². The number of hydrogen-bond donors (Lipinski definition) is 2. The molecule has 2 aromatic carbocycles. The summed E-state index contributed by atoms with van der Waals surface area (Å²) >= 11 is 0. The number of carboxylic acid groups (broad SMARTS) is 2. The van der Waals surface area contributed by atoms with Crippen LogP contribution >= 0.6 is 0 Å². The smallest absolute Gasteiger partial charge is 0.334 e. The highest BCUT2D eigenvalue weighted by atomic mass is 16.6. The first-order chi connectivity index (χ1) is 15.5. The molecule has 3 atom stereocenters. The number of benzene rings is 2. The first-order valence-corrected chi connectivity index (χ1v) is 10.7. The van der Waals surface area contributed by atoms with E-state index >= 15 is 0 Å². The van der Waals surface area contributed by atoms with Crippen LogP contribution in [0.5, 0.6) is 0 Å². The standard InChI is InChI=1S/C25H28N2O6/c1-5-14-24(3)25(23(30)31,18-11-7-6-8-12-18)21(20(22(28)29)16(2)26(24)4)17-10-9-13-19(15-17)27(32)33/h6-13,15,21H,5,14H2,1-4H3,(H,28,29)(H,30,31). The van der Waals surface area contributed by atoms with Crippen LogP contribution in [-0.4, -0.2) is 44.6 Å². The molecule has 1 aliphatic rings. The number of rotatable bonds is 7. The second-order valence-corrected chi connectivity index (χ2v) is 8.65. The van der Waals surface area contributed by atoms with Gasteiger partial charge in [-0.3, -0.25) is 14.9 Å². The quantitative estimate of drug-likeness (QED) is 0.466. The van der Waals surface area contributed by atoms with E-state index in [1.807, 2.05) is 13.8 Å². The van der Waals surface area contributed by atoms with Gasteiger partial charge in [-0.1, -0.05) is 55.8 Å². The molecule has 3 rings (SSSR count). The Bertz CT molecular complexity index is 1130. The third-order valence-electron chi connectivity index (χ3n) is 7.15. The number of nitrogens with zero attached hydrogens (tertiary/aromatic N) is 2. The summed E-state index contributed by atoms with van der Waals surface area (Å²) in [6.07, 6.45) is 1.11. The highest BCUT2D eigenvalue weighted by molar-refractivity contribution is 5.96. The van der Waals surface area contributed by atoms with Crippen molar-refractivity contribution in [2.24, 2.45) is 0 Å². The molecule has 1 heterocycles. The molecule has 33 heavy (non-hydrogen) atoms. The van der Waals surface area contributed by atoms with Crippen LogP contribution in [0.1, 0.15) is 50.7 Å². The van der Waals surface area contributed by atoms with Gasteiger partial charge in [-0.15, -0.1) is 0 Å². The van der Waals surface area contributed by atoms with Crippen LogP contribution in [0.3, 0.4) is 0 Å². The SMILES string of the molecule is CCCC1(C)N(C)C(C)=C(C(=O)O)C(c2cccc([N+](=O)[O-])c2)C1(C(=O)O)c1ccccc1. The maximum atomic E-state index is 13.4. The van der Waals surface area contributed by atoms with Crippen LogP contribution < -0.4 is 0 Å². The van der Waals surface area contributed by atoms with E-state index in [0.717, 1.165) is 0 Å². The molecule has 3 unspecified atom stereocenters. The van der Waals surface area contributed by atoms with E-state index in [1.54, 1.807) is 55.3 Å². The molecule has 2 N–H and O–H groups in total. The van der Waals surface area contributed by atoms with Gasteiger partial charge >= 0.3 is 11.9 Å². The lowest BCUT2D eigenvalue weighted by Crippen LogP contribution is -2.68. The van der Waals surface area contributed by atoms with E-state index in [4.69, 9.17) is 0 Å². The average molecular weight is 453 g/mol. The molecule has 0 saturated carbocycles. The second kappa shape index (κ2) is 8.69. The third kappa shape index (κ3) is 3.46. The molecule has 0 bridgehead atoms. The minimum Gasteiger partial charge on any atom is -0.480 e. The lowest BCUT2D eigenvalue weighted by Gasteiger charge is -2.59. The second-order valence-electron chi connectivity index (χ2n) is 8.65. The number of hydrogen-bond acceptors (Lipinski definition) is 5. The summed E-state index contributed by atoms with van der Waals surface area (Å²) in [7, 11) is 1.72. The predicted molar refractivity (Wildman–Crippen MR) is 123 cm³/mol. The van der Waals surface area contributed by atoms with Gasteiger partial charge in [0, 0.05) is 30.8 Å². The Kier molecular flexibility index (Phi) is 6.31. The molecule has 174 valence electrons. The molecule has 0 spiro atoms. The summed E-state index contributed by atoms with van der Waals surface area (Å²) in [5.41, 5.74) is -1.92. The number of aliphatic carboxylic acids is 2. The van der Waals surface area contributed by atoms with E-state index in [1.165, 1.54) is 18.2 Å². The van der Waals surface area contributed by atoms with Crippen molar-refractivity contribution in [1.29, 1.82) is 0 Å². The van der Waals surface area contributed by atoms with Gasteiger partial charge < -0.3 is 15.1 Å². The molecule has 8 heteroatoms. The lowest BCUT2D eigenvalue weighted by molar-refractivity contribution is -0.384. The number of allylic oxidation sites excluding steroid dienone is 1. The fourth-order valence-electron chi connectivity index (χ4n) is 5.57. The van der Waals surface area contributed by atoms with Gasteiger partial charge in [0.15, 0.2) is 0 Å². The van der Waals surface area contributed by atoms with Gasteiger partial charge in [0.25, 0.3) is 5.69 Å². The minimum atomic E-state index is -1.73. The molecule has 8 nitrogen and oxygen atoms in total. The van der Waals surface area contributed by atoms with Gasteiger partial charge in [0.05, 0.1) is 16.0 Å². The van der Waals surface area contributed by atoms with Crippen LogP contribution in [0.25, 0.3) is 0 Å². The summed E-state index contributed by atoms with van der Waals surface area (Å²) in [6.45, 7) is 5.45. The van der Waals surface area contributed by atoms with Gasteiger partial charge in [0.2, 0.25) is 0 Å². The molecule has 0 amide bonds. The zero-order valence-corrected chi connectivity index (χ0v) is 19.1. The zero-order chi connectivity index (χ0) is 24.6. The summed E-state index contributed by atoms with van der Waals surface area (Å²) in [5.74, 6) is -3.60. The van der Waals surface area contributed by atoms with Crippen LogP contribution in [0.4, 0.5) is 5.69 Å². The normalized spacial score (nSPS) is 25.1. The highest BCUT2D eigenvalue weighted by Crippen LogP contribution is 2.58. The third-order valence-corrected chi connectivity index (χ3v) is 7.15. The van der Waals surface area contributed by atoms with Crippen molar-refractivity contribution in [3.63, 3.8) is 0 Å². The molecular weight excluding hydrogens is 424 g/mol. The largest absolute Gasteiger partial charge is 0.480 e. The topological polar surface area (TPSA) is 121 Å². The molecule has 2 aromatic rings. The Morgan fingerprint density at radius 1 is 1.12 bits per heavy atom. The minimum absolute atomic E-state index is 0.0853. The Hall–Kier alpha value is -3.68. The van der Waals surface area contributed by atoms with E-state index in [2.05, 4.69) is 0 Å². The summed E-state index contributed by atoms with van der Waals surface area (Å²) < 4.78 is 0. The zero-order valence-electron chi connectivity index (χ0n) is 19.1. The molecule has 0 saturated heterocycles. The van der Waals surface area contributed by atoms with E-state index in [-0.39, 0.29) is 16.8 Å². The van der Waals surface area contributed by atoms with Crippen molar-refractivity contribution in [3.8, 4) is 0 Å². The summed E-state index contributed by atoms with van der Waals surface area (Å²) in [4.78, 5) is 38.7. The number of nitro groups is 1. The summed E-state index contributed by atoms with van der Waals surface area (Å²) in [6, 6.07) is 14.3. The Labute approximate surface area is 192 Å². The fraction of sp³-hybridized carbons (Fsp3) is 0.360. The molecule has 0 aliphatic carbocycles. The highest BCUT2D eigenvalue weighted by Gasteiger charge is 2.66. The maximum Gasteiger partial charge on any atom is 0.334 e. The number of nitro benzene ring substituents is 1. The van der Waals surface area contributed by atoms with Crippen LogP contribution in [0.2, 0.25) is 0 Å². The van der Waals surface area contributed by atoms with E-state index in [0.29, 0.717) is 24.1 Å². The van der Waals surface area contributed by atoms with Crippen molar-refractivity contribution in [2.75, 3.05) is 7.05 Å². The number of carboxylic acids is 2. The molecule has 0 fully saturated rings. The maximum absolute atomic E-state index is 13.4. The Balaban J connectivity index is 2.57. The van der Waals surface area contributed by atoms with Crippen molar-refractivity contribution in [2.45, 2.75) is 50.5 Å². The predicted octanol–water partition coefficient (Wildman–Crippen LogP) is 4.56. The Morgan fingerprint density at radius 3 is 2.27 bits per heavy atom. The van der Waals surface area contributed by atoms with Crippen LogP contribution in [-0.2, 0) is 15.0 Å². The lowest BCUT2D eigenvalue weighted by atomic mass is 9.51. The van der Waals surface area contributed by atoms with Gasteiger partial charge in [-0.2, -0.15) is 0 Å². The average Bonchev–Trinajstić information content (AvgIpc) is 2.77. The van der Waals surface area contributed by atoms with Crippen LogP contribution in [0, 0.1) is 10.1 Å². The molecular formula is C25H28N2O6. The van der Waals surface area contributed by atoms with E-state index < -0.39 is 33.7 Å². The molecule has 1 aliphatic heterocycles. The molecule has 0 aromatic heterocycles. The molecule has 0 radical (unpaired) electrons. The monoisotopic (exact) mass is 452 g/mol. The first-order valence-electron chi connectivity index (χ1n) is 10.7. The Morgan fingerprint density at radius 2 is 1.76 bits per heavy atom. The van der Waals surface area contributed by atoms with Crippen molar-refractivity contribution < 1.29 is 24.7 Å². The number of carbonyl (C=O) groups is 2. The summed E-state index contributed by atoms with van der Waals surface area (Å²) in [5, 5.41) is 32.7. The van der Waals surface area contributed by atoms with Crippen molar-refractivity contribution in [3.05, 3.63) is 87.1 Å². The van der Waals surface area contributed by atoms with Crippen LogP contribution in [0.15, 0.2) is 65.9 Å². The van der Waals surface area contributed by atoms with Gasteiger partial charge in [-0.05, 0) is 31.4 Å². The first kappa shape index (κ1) is 24.0. The number of likely N-dealkylation sites (N-methyl/N-ethyl adjacent to an activating group) is 1. The van der Waals surface area contributed by atoms with Gasteiger partial charge in [0.1, 0.15) is 5.41 Å².